The third-order valence-corrected chi connectivity index (χ3v) is 4.90. The Morgan fingerprint density at radius 1 is 0.929 bits per heavy atom. The molecule has 0 bridgehead atoms. The molecule has 4 aromatic rings. The number of hydrogen-bond donors (Lipinski definition) is 0. The average Bonchev–Trinajstić information content (AvgIpc) is 3.43. The molecule has 0 unspecified atom stereocenters. The predicted molar refractivity (Wildman–Crippen MR) is 103 cm³/mol. The van der Waals surface area contributed by atoms with E-state index in [2.05, 4.69) is 20.2 Å². The topological polar surface area (TPSA) is 80.3 Å². The molecule has 1 aliphatic heterocycles. The summed E-state index contributed by atoms with van der Waals surface area (Å²) in [4.78, 5) is 16.7. The first-order chi connectivity index (χ1) is 13.8. The normalized spacial score (nSPS) is 14.6. The van der Waals surface area contributed by atoms with E-state index in [-0.39, 0.29) is 5.91 Å². The van der Waals surface area contributed by atoms with Crippen LogP contribution in [0.3, 0.4) is 0 Å². The van der Waals surface area contributed by atoms with Crippen LogP contribution in [0.1, 0.15) is 10.6 Å². The van der Waals surface area contributed by atoms with Crippen molar-refractivity contribution in [2.45, 2.75) is 0 Å². The number of nitrogens with zero attached hydrogens (tertiary/aromatic N) is 6. The molecule has 8 heteroatoms. The van der Waals surface area contributed by atoms with Crippen LogP contribution in [-0.2, 0) is 0 Å². The van der Waals surface area contributed by atoms with Gasteiger partial charge in [0, 0.05) is 44.0 Å². The van der Waals surface area contributed by atoms with Crippen LogP contribution in [0.5, 0.6) is 0 Å². The fourth-order valence-corrected chi connectivity index (χ4v) is 3.40. The van der Waals surface area contributed by atoms with Gasteiger partial charge < -0.3 is 14.2 Å². The Morgan fingerprint density at radius 3 is 2.43 bits per heavy atom. The number of benzene rings is 1. The number of amides is 1. The zero-order valence-corrected chi connectivity index (χ0v) is 15.1. The van der Waals surface area contributed by atoms with E-state index in [0.29, 0.717) is 37.8 Å². The number of carbonyl (C=O) groups excluding carboxylic acids is 1. The minimum atomic E-state index is -0.0732. The Kier molecular flexibility index (Phi) is 4.01. The zero-order valence-electron chi connectivity index (χ0n) is 15.1. The first-order valence-electron chi connectivity index (χ1n) is 9.14. The highest BCUT2D eigenvalue weighted by molar-refractivity contribution is 5.96. The third kappa shape index (κ3) is 2.98. The maximum atomic E-state index is 12.8. The van der Waals surface area contributed by atoms with Crippen LogP contribution in [-0.4, -0.2) is 57.0 Å². The van der Waals surface area contributed by atoms with Gasteiger partial charge in [0.15, 0.2) is 17.4 Å². The Hall–Kier alpha value is -3.68. The van der Waals surface area contributed by atoms with Crippen molar-refractivity contribution in [3.63, 3.8) is 0 Å². The zero-order chi connectivity index (χ0) is 18.9. The quantitative estimate of drug-likeness (QED) is 0.548. The van der Waals surface area contributed by atoms with Gasteiger partial charge in [0.25, 0.3) is 5.91 Å². The van der Waals surface area contributed by atoms with Crippen LogP contribution in [0, 0.1) is 0 Å². The Balaban J connectivity index is 1.25. The van der Waals surface area contributed by atoms with Crippen LogP contribution in [0.25, 0.3) is 16.8 Å². The molecule has 1 aliphatic rings. The van der Waals surface area contributed by atoms with Gasteiger partial charge in [0.05, 0.1) is 0 Å². The molecular weight excluding hydrogens is 356 g/mol. The molecule has 0 atom stereocenters. The summed E-state index contributed by atoms with van der Waals surface area (Å²) in [5.74, 6) is 1.79. The van der Waals surface area contributed by atoms with Crippen molar-refractivity contribution in [2.75, 3.05) is 31.1 Å². The van der Waals surface area contributed by atoms with Crippen LogP contribution in [0.2, 0.25) is 0 Å². The summed E-state index contributed by atoms with van der Waals surface area (Å²) in [6.07, 6.45) is 3.53. The lowest BCUT2D eigenvalue weighted by molar-refractivity contribution is 0.0717. The van der Waals surface area contributed by atoms with Gasteiger partial charge in [-0.05, 0) is 30.3 Å². The molecule has 1 amide bonds. The van der Waals surface area contributed by atoms with Gasteiger partial charge >= 0.3 is 0 Å². The lowest BCUT2D eigenvalue weighted by Crippen LogP contribution is -2.49. The van der Waals surface area contributed by atoms with E-state index < -0.39 is 0 Å². The van der Waals surface area contributed by atoms with Crippen LogP contribution in [0.4, 0.5) is 5.82 Å². The van der Waals surface area contributed by atoms with Gasteiger partial charge in [-0.3, -0.25) is 4.79 Å². The summed E-state index contributed by atoms with van der Waals surface area (Å²) in [6, 6.07) is 15.1. The van der Waals surface area contributed by atoms with Gasteiger partial charge in [0.2, 0.25) is 0 Å². The number of hydrogen-bond acceptors (Lipinski definition) is 6. The molecule has 1 saturated heterocycles. The molecule has 0 N–H and O–H groups in total. The molecule has 0 aliphatic carbocycles. The summed E-state index contributed by atoms with van der Waals surface area (Å²) < 4.78 is 7.38. The standard InChI is InChI=1S/C20H18N6O2/c27-20(17-14-15-4-1-2-5-16(15)28-17)25-12-10-24(11-13-25)18-6-7-19(23-22-18)26-9-3-8-21-26/h1-9,14H,10-13H2. The van der Waals surface area contributed by atoms with Crippen LogP contribution in [0.15, 0.2) is 65.3 Å². The van der Waals surface area contributed by atoms with Crippen molar-refractivity contribution in [3.05, 3.63) is 66.7 Å². The van der Waals surface area contributed by atoms with Gasteiger partial charge in [-0.2, -0.15) is 5.10 Å². The summed E-state index contributed by atoms with van der Waals surface area (Å²) in [5.41, 5.74) is 0.733. The molecule has 140 valence electrons. The first kappa shape index (κ1) is 16.5. The first-order valence-corrected chi connectivity index (χ1v) is 9.14. The predicted octanol–water partition coefficient (Wildman–Crippen LogP) is 2.37. The highest BCUT2D eigenvalue weighted by atomic mass is 16.3. The molecular formula is C20H18N6O2. The second-order valence-electron chi connectivity index (χ2n) is 6.63. The number of rotatable bonds is 3. The van der Waals surface area contributed by atoms with Crippen molar-refractivity contribution >= 4 is 22.7 Å². The van der Waals surface area contributed by atoms with E-state index in [1.54, 1.807) is 10.9 Å². The fraction of sp³-hybridized carbons (Fsp3) is 0.200. The molecule has 28 heavy (non-hydrogen) atoms. The molecule has 0 spiro atoms. The lowest BCUT2D eigenvalue weighted by Gasteiger charge is -2.34. The summed E-state index contributed by atoms with van der Waals surface area (Å²) in [6.45, 7) is 2.61. The Morgan fingerprint density at radius 2 is 1.71 bits per heavy atom. The van der Waals surface area contributed by atoms with Crippen LogP contribution >= 0.6 is 0 Å². The number of fused-ring (bicyclic) bond motifs is 1. The number of carbonyl (C=O) groups is 1. The summed E-state index contributed by atoms with van der Waals surface area (Å²) in [7, 11) is 0. The monoisotopic (exact) mass is 374 g/mol. The highest BCUT2D eigenvalue weighted by Gasteiger charge is 2.25. The SMILES string of the molecule is O=C(c1cc2ccccc2o1)N1CCN(c2ccc(-n3cccn3)nn2)CC1. The Bertz CT molecular complexity index is 1060. The average molecular weight is 374 g/mol. The molecule has 0 saturated carbocycles. The lowest BCUT2D eigenvalue weighted by atomic mass is 10.2. The van der Waals surface area contributed by atoms with Crippen molar-refractivity contribution in [3.8, 4) is 5.82 Å². The molecule has 3 aromatic heterocycles. The fourth-order valence-electron chi connectivity index (χ4n) is 3.40. The molecule has 8 nitrogen and oxygen atoms in total. The second kappa shape index (κ2) is 6.80. The smallest absolute Gasteiger partial charge is 0.289 e. The van der Waals surface area contributed by atoms with E-state index in [4.69, 9.17) is 4.42 Å². The van der Waals surface area contributed by atoms with Gasteiger partial charge in [-0.1, -0.05) is 18.2 Å². The summed E-state index contributed by atoms with van der Waals surface area (Å²) >= 11 is 0. The van der Waals surface area contributed by atoms with Crippen molar-refractivity contribution in [1.29, 1.82) is 0 Å². The minimum absolute atomic E-state index is 0.0732. The molecule has 5 rings (SSSR count). The summed E-state index contributed by atoms with van der Waals surface area (Å²) in [5, 5.41) is 13.6. The second-order valence-corrected chi connectivity index (χ2v) is 6.63. The highest BCUT2D eigenvalue weighted by Crippen LogP contribution is 2.21. The molecule has 1 fully saturated rings. The number of para-hydroxylation sites is 1. The number of aromatic nitrogens is 4. The van der Waals surface area contributed by atoms with Gasteiger partial charge in [-0.15, -0.1) is 10.2 Å². The van der Waals surface area contributed by atoms with Gasteiger partial charge in [0.1, 0.15) is 5.58 Å². The number of furan rings is 1. The van der Waals surface area contributed by atoms with Crippen molar-refractivity contribution < 1.29 is 9.21 Å². The number of piperazine rings is 1. The molecule has 1 aromatic carbocycles. The molecule has 0 radical (unpaired) electrons. The third-order valence-electron chi connectivity index (χ3n) is 4.90. The minimum Gasteiger partial charge on any atom is -0.451 e. The van der Waals surface area contributed by atoms with E-state index in [0.717, 1.165) is 16.8 Å². The molecule has 4 heterocycles. The van der Waals surface area contributed by atoms with E-state index in [1.807, 2.05) is 59.6 Å². The maximum Gasteiger partial charge on any atom is 0.289 e. The largest absolute Gasteiger partial charge is 0.451 e. The number of anilines is 1. The van der Waals surface area contributed by atoms with Crippen LogP contribution < -0.4 is 4.90 Å². The van der Waals surface area contributed by atoms with Crippen molar-refractivity contribution in [2.24, 2.45) is 0 Å². The van der Waals surface area contributed by atoms with E-state index >= 15 is 0 Å². The maximum absolute atomic E-state index is 12.8. The van der Waals surface area contributed by atoms with Crippen molar-refractivity contribution in [1.82, 2.24) is 24.9 Å². The van der Waals surface area contributed by atoms with E-state index in [9.17, 15) is 4.79 Å². The van der Waals surface area contributed by atoms with Gasteiger partial charge in [-0.25, -0.2) is 4.68 Å². The van der Waals surface area contributed by atoms with E-state index in [1.165, 1.54) is 0 Å². The Labute approximate surface area is 161 Å².